The van der Waals surface area contributed by atoms with Crippen LogP contribution in [0.25, 0.3) is 0 Å². The predicted molar refractivity (Wildman–Crippen MR) is 106 cm³/mol. The van der Waals surface area contributed by atoms with Crippen LogP contribution in [0.4, 0.5) is 0 Å². The Bertz CT molecular complexity index is 730. The largest absolute Gasteiger partial charge is 0.497 e. The molecule has 27 heavy (non-hydrogen) atoms. The average Bonchev–Trinajstić information content (AvgIpc) is 3.13. The van der Waals surface area contributed by atoms with Gasteiger partial charge in [-0.25, -0.2) is 0 Å². The fraction of sp³-hybridized carbons (Fsp3) is 0.500. The van der Waals surface area contributed by atoms with Crippen molar-refractivity contribution in [2.24, 2.45) is 5.92 Å². The first-order chi connectivity index (χ1) is 13.1. The zero-order chi connectivity index (χ0) is 19.2. The maximum absolute atomic E-state index is 12.5. The van der Waals surface area contributed by atoms with Crippen molar-refractivity contribution in [3.8, 4) is 5.75 Å². The second kappa shape index (κ2) is 9.09. The number of hydrogen-bond donors (Lipinski definition) is 0. The van der Waals surface area contributed by atoms with Crippen molar-refractivity contribution in [1.29, 1.82) is 0 Å². The maximum atomic E-state index is 12.5. The summed E-state index contributed by atoms with van der Waals surface area (Å²) in [6.45, 7) is 5.95. The van der Waals surface area contributed by atoms with Crippen LogP contribution in [-0.2, 0) is 6.42 Å². The molecule has 1 aromatic heterocycles. The predicted octanol–water partition coefficient (Wildman–Crippen LogP) is 3.62. The zero-order valence-corrected chi connectivity index (χ0v) is 16.6. The molecule has 2 aromatic rings. The van der Waals surface area contributed by atoms with Crippen LogP contribution in [0, 0.1) is 12.8 Å². The number of aryl methyl sites for hydroxylation is 1. The zero-order valence-electron chi connectivity index (χ0n) is 16.6. The van der Waals surface area contributed by atoms with Crippen molar-refractivity contribution < 1.29 is 13.9 Å². The maximum Gasteiger partial charge on any atom is 0.257 e. The second-order valence-corrected chi connectivity index (χ2v) is 7.46. The topological polar surface area (TPSA) is 45.9 Å². The normalized spacial score (nSPS) is 15.7. The van der Waals surface area contributed by atoms with Gasteiger partial charge in [-0.3, -0.25) is 4.79 Å². The van der Waals surface area contributed by atoms with Crippen LogP contribution < -0.4 is 4.74 Å². The van der Waals surface area contributed by atoms with Gasteiger partial charge in [-0.2, -0.15) is 0 Å². The quantitative estimate of drug-likeness (QED) is 0.747. The van der Waals surface area contributed by atoms with E-state index in [2.05, 4.69) is 17.0 Å². The third-order valence-corrected chi connectivity index (χ3v) is 5.55. The number of furan rings is 1. The van der Waals surface area contributed by atoms with Gasteiger partial charge in [0.1, 0.15) is 11.5 Å². The number of ether oxygens (including phenoxy) is 1. The number of hydrogen-bond acceptors (Lipinski definition) is 4. The van der Waals surface area contributed by atoms with Crippen molar-refractivity contribution in [1.82, 2.24) is 9.80 Å². The average molecular weight is 370 g/mol. The number of methoxy groups -OCH3 is 1. The van der Waals surface area contributed by atoms with Crippen molar-refractivity contribution in [2.45, 2.75) is 26.2 Å². The van der Waals surface area contributed by atoms with Gasteiger partial charge in [-0.15, -0.1) is 0 Å². The van der Waals surface area contributed by atoms with E-state index in [9.17, 15) is 4.79 Å². The van der Waals surface area contributed by atoms with E-state index in [1.54, 1.807) is 19.4 Å². The number of amides is 1. The Morgan fingerprint density at radius 3 is 2.52 bits per heavy atom. The van der Waals surface area contributed by atoms with Crippen molar-refractivity contribution in [3.05, 3.63) is 53.5 Å². The van der Waals surface area contributed by atoms with E-state index in [4.69, 9.17) is 9.15 Å². The van der Waals surface area contributed by atoms with E-state index in [1.165, 1.54) is 5.56 Å². The molecular weight excluding hydrogens is 340 g/mol. The molecule has 0 N–H and O–H groups in total. The van der Waals surface area contributed by atoms with Gasteiger partial charge in [0, 0.05) is 20.1 Å². The molecule has 1 amide bonds. The smallest absolute Gasteiger partial charge is 0.257 e. The standard InChI is InChI=1S/C22H30N2O3/c1-17-21(11-15-27-17)22(25)23(2)16-19-9-13-24(14-10-19)12-8-18-4-6-20(26-3)7-5-18/h4-7,11,15,19H,8-10,12-14,16H2,1-3H3. The van der Waals surface area contributed by atoms with E-state index in [1.807, 2.05) is 31.0 Å². The summed E-state index contributed by atoms with van der Waals surface area (Å²) in [6, 6.07) is 10.1. The molecule has 1 saturated heterocycles. The lowest BCUT2D eigenvalue weighted by atomic mass is 9.95. The molecule has 0 aliphatic carbocycles. The molecule has 0 bridgehead atoms. The van der Waals surface area contributed by atoms with Crippen LogP contribution in [0.3, 0.4) is 0 Å². The van der Waals surface area contributed by atoms with Gasteiger partial charge >= 0.3 is 0 Å². The number of nitrogens with zero attached hydrogens (tertiary/aromatic N) is 2. The Hall–Kier alpha value is -2.27. The lowest BCUT2D eigenvalue weighted by Gasteiger charge is -2.34. The van der Waals surface area contributed by atoms with Gasteiger partial charge in [0.25, 0.3) is 5.91 Å². The van der Waals surface area contributed by atoms with Crippen molar-refractivity contribution in [2.75, 3.05) is 40.3 Å². The Morgan fingerprint density at radius 2 is 1.93 bits per heavy atom. The summed E-state index contributed by atoms with van der Waals surface area (Å²) >= 11 is 0. The van der Waals surface area contributed by atoms with Gasteiger partial charge < -0.3 is 19.0 Å². The summed E-state index contributed by atoms with van der Waals surface area (Å²) in [5.41, 5.74) is 2.02. The number of rotatable bonds is 7. The first kappa shape index (κ1) is 19.5. The molecule has 2 heterocycles. The first-order valence-electron chi connectivity index (χ1n) is 9.71. The fourth-order valence-electron chi connectivity index (χ4n) is 3.75. The van der Waals surface area contributed by atoms with Crippen LogP contribution in [0.1, 0.15) is 34.5 Å². The third-order valence-electron chi connectivity index (χ3n) is 5.55. The molecule has 5 nitrogen and oxygen atoms in total. The Morgan fingerprint density at radius 1 is 1.22 bits per heavy atom. The van der Waals surface area contributed by atoms with Gasteiger partial charge in [0.2, 0.25) is 0 Å². The first-order valence-corrected chi connectivity index (χ1v) is 9.71. The highest BCUT2D eigenvalue weighted by Gasteiger charge is 2.23. The van der Waals surface area contributed by atoms with E-state index in [-0.39, 0.29) is 5.91 Å². The van der Waals surface area contributed by atoms with Gasteiger partial charge in [0.15, 0.2) is 0 Å². The highest BCUT2D eigenvalue weighted by Crippen LogP contribution is 2.20. The van der Waals surface area contributed by atoms with Gasteiger partial charge in [-0.1, -0.05) is 12.1 Å². The van der Waals surface area contributed by atoms with Crippen LogP contribution in [0.15, 0.2) is 41.0 Å². The van der Waals surface area contributed by atoms with E-state index in [0.717, 1.165) is 51.2 Å². The summed E-state index contributed by atoms with van der Waals surface area (Å²) in [5, 5.41) is 0. The monoisotopic (exact) mass is 370 g/mol. The number of benzene rings is 1. The van der Waals surface area contributed by atoms with Crippen molar-refractivity contribution >= 4 is 5.91 Å². The summed E-state index contributed by atoms with van der Waals surface area (Å²) in [5.74, 6) is 2.23. The van der Waals surface area contributed by atoms with Gasteiger partial charge in [0.05, 0.1) is 18.9 Å². The lowest BCUT2D eigenvalue weighted by molar-refractivity contribution is 0.0738. The molecular formula is C22H30N2O3. The van der Waals surface area contributed by atoms with E-state index < -0.39 is 0 Å². The minimum atomic E-state index is 0.0585. The molecule has 1 aromatic carbocycles. The molecule has 0 spiro atoms. The van der Waals surface area contributed by atoms with Crippen molar-refractivity contribution in [3.63, 3.8) is 0 Å². The van der Waals surface area contributed by atoms with Crippen LogP contribution in [0.2, 0.25) is 0 Å². The molecule has 146 valence electrons. The second-order valence-electron chi connectivity index (χ2n) is 7.46. The summed E-state index contributed by atoms with van der Waals surface area (Å²) < 4.78 is 10.5. The van der Waals surface area contributed by atoms with E-state index >= 15 is 0 Å². The van der Waals surface area contributed by atoms with Gasteiger partial charge in [-0.05, 0) is 69.0 Å². The Kier molecular flexibility index (Phi) is 6.56. The molecule has 0 unspecified atom stereocenters. The Balaban J connectivity index is 1.40. The molecule has 1 aliphatic rings. The van der Waals surface area contributed by atoms with Crippen LogP contribution in [-0.4, -0.2) is 56.0 Å². The molecule has 1 aliphatic heterocycles. The number of carbonyl (C=O) groups excluding carboxylic acids is 1. The SMILES string of the molecule is COc1ccc(CCN2CCC(CN(C)C(=O)c3ccoc3C)CC2)cc1. The molecule has 3 rings (SSSR count). The lowest BCUT2D eigenvalue weighted by Crippen LogP contribution is -2.40. The third kappa shape index (κ3) is 5.13. The summed E-state index contributed by atoms with van der Waals surface area (Å²) in [4.78, 5) is 16.9. The molecule has 1 fully saturated rings. The molecule has 5 heteroatoms. The highest BCUT2D eigenvalue weighted by atomic mass is 16.5. The minimum Gasteiger partial charge on any atom is -0.497 e. The summed E-state index contributed by atoms with van der Waals surface area (Å²) in [7, 11) is 3.59. The number of carbonyl (C=O) groups is 1. The molecule has 0 radical (unpaired) electrons. The number of likely N-dealkylation sites (tertiary alicyclic amines) is 1. The Labute approximate surface area is 161 Å². The molecule has 0 atom stereocenters. The number of piperidine rings is 1. The van der Waals surface area contributed by atoms with E-state index in [0.29, 0.717) is 17.2 Å². The minimum absolute atomic E-state index is 0.0585. The van der Waals surface area contributed by atoms with Crippen LogP contribution in [0.5, 0.6) is 5.75 Å². The summed E-state index contributed by atoms with van der Waals surface area (Å²) in [6.07, 6.45) is 4.93. The highest BCUT2D eigenvalue weighted by molar-refractivity contribution is 5.94. The van der Waals surface area contributed by atoms with Crippen LogP contribution >= 0.6 is 0 Å². The fourth-order valence-corrected chi connectivity index (χ4v) is 3.75. The molecule has 0 saturated carbocycles.